The molecule has 0 radical (unpaired) electrons. The standard InChI is InChI=1S/C24H34N4O5S2/c1-4-27(5-2)34(30,31)23-12-8-21(9-13-23)24(29)25-14-15-26-16-18-28(19-17-26)35(32,33)22-10-6-20(3)7-11-22/h6-13H,4-5,14-19H2,1-3H3,(H,25,29). The van der Waals surface area contributed by atoms with Gasteiger partial charge in [-0.05, 0) is 43.3 Å². The van der Waals surface area contributed by atoms with Crippen LogP contribution < -0.4 is 5.32 Å². The number of sulfonamides is 2. The Morgan fingerprint density at radius 2 is 1.40 bits per heavy atom. The quantitative estimate of drug-likeness (QED) is 0.510. The Bertz CT molecular complexity index is 1200. The Hall–Kier alpha value is -2.31. The Kier molecular flexibility index (Phi) is 9.05. The first-order valence-electron chi connectivity index (χ1n) is 11.8. The molecule has 3 rings (SSSR count). The molecule has 0 aromatic heterocycles. The van der Waals surface area contributed by atoms with Gasteiger partial charge in [0.25, 0.3) is 5.91 Å². The summed E-state index contributed by atoms with van der Waals surface area (Å²) >= 11 is 0. The molecule has 11 heteroatoms. The molecule has 192 valence electrons. The van der Waals surface area contributed by atoms with Crippen molar-refractivity contribution in [2.75, 3.05) is 52.4 Å². The van der Waals surface area contributed by atoms with Crippen molar-refractivity contribution >= 4 is 26.0 Å². The van der Waals surface area contributed by atoms with E-state index in [9.17, 15) is 21.6 Å². The second-order valence-corrected chi connectivity index (χ2v) is 12.3. The van der Waals surface area contributed by atoms with Crippen LogP contribution in [0.3, 0.4) is 0 Å². The lowest BCUT2D eigenvalue weighted by atomic mass is 10.2. The second kappa shape index (κ2) is 11.6. The van der Waals surface area contributed by atoms with E-state index in [1.807, 2.05) is 6.92 Å². The molecule has 2 aromatic carbocycles. The van der Waals surface area contributed by atoms with Crippen molar-refractivity contribution in [3.8, 4) is 0 Å². The van der Waals surface area contributed by atoms with Gasteiger partial charge in [0.2, 0.25) is 20.0 Å². The summed E-state index contributed by atoms with van der Waals surface area (Å²) in [7, 11) is -7.07. The molecule has 1 saturated heterocycles. The molecular formula is C24H34N4O5S2. The highest BCUT2D eigenvalue weighted by Gasteiger charge is 2.28. The zero-order valence-electron chi connectivity index (χ0n) is 20.5. The summed E-state index contributed by atoms with van der Waals surface area (Å²) in [6, 6.07) is 12.8. The third kappa shape index (κ3) is 6.47. The first-order valence-corrected chi connectivity index (χ1v) is 14.6. The molecule has 1 amide bonds. The monoisotopic (exact) mass is 522 g/mol. The first-order chi connectivity index (χ1) is 16.6. The van der Waals surface area contributed by atoms with E-state index in [2.05, 4.69) is 10.2 Å². The number of amides is 1. The molecule has 0 bridgehead atoms. The van der Waals surface area contributed by atoms with Gasteiger partial charge in [-0.3, -0.25) is 9.69 Å². The summed E-state index contributed by atoms with van der Waals surface area (Å²) in [4.78, 5) is 15.1. The molecular weight excluding hydrogens is 488 g/mol. The van der Waals surface area contributed by atoms with Crippen molar-refractivity contribution in [3.05, 3.63) is 59.7 Å². The minimum absolute atomic E-state index is 0.163. The highest BCUT2D eigenvalue weighted by Crippen LogP contribution is 2.18. The molecule has 35 heavy (non-hydrogen) atoms. The molecule has 1 fully saturated rings. The van der Waals surface area contributed by atoms with Crippen LogP contribution in [0.4, 0.5) is 0 Å². The fourth-order valence-corrected chi connectivity index (χ4v) is 6.85. The number of aryl methyl sites for hydroxylation is 1. The predicted molar refractivity (Wildman–Crippen MR) is 135 cm³/mol. The van der Waals surface area contributed by atoms with Crippen LogP contribution in [0.15, 0.2) is 58.3 Å². The van der Waals surface area contributed by atoms with E-state index in [1.165, 1.54) is 32.9 Å². The molecule has 0 unspecified atom stereocenters. The van der Waals surface area contributed by atoms with E-state index in [0.29, 0.717) is 62.8 Å². The van der Waals surface area contributed by atoms with Gasteiger partial charge in [0.1, 0.15) is 0 Å². The molecule has 0 atom stereocenters. The van der Waals surface area contributed by atoms with Crippen LogP contribution in [0.1, 0.15) is 29.8 Å². The summed E-state index contributed by atoms with van der Waals surface area (Å²) in [6.45, 7) is 9.21. The summed E-state index contributed by atoms with van der Waals surface area (Å²) in [5, 5.41) is 2.85. The van der Waals surface area contributed by atoms with Crippen molar-refractivity contribution in [1.29, 1.82) is 0 Å². The number of rotatable bonds is 10. The van der Waals surface area contributed by atoms with Crippen LogP contribution in [0.25, 0.3) is 0 Å². The lowest BCUT2D eigenvalue weighted by Gasteiger charge is -2.34. The maximum Gasteiger partial charge on any atom is 0.251 e. The Labute approximate surface area is 208 Å². The summed E-state index contributed by atoms with van der Waals surface area (Å²) in [5.41, 5.74) is 1.40. The number of benzene rings is 2. The number of nitrogens with one attached hydrogen (secondary N) is 1. The molecule has 2 aromatic rings. The van der Waals surface area contributed by atoms with E-state index in [-0.39, 0.29) is 10.8 Å². The second-order valence-electron chi connectivity index (χ2n) is 8.43. The number of carbonyl (C=O) groups is 1. The fraction of sp³-hybridized carbons (Fsp3) is 0.458. The molecule has 0 spiro atoms. The van der Waals surface area contributed by atoms with E-state index in [1.54, 1.807) is 38.1 Å². The van der Waals surface area contributed by atoms with Gasteiger partial charge in [-0.2, -0.15) is 8.61 Å². The lowest BCUT2D eigenvalue weighted by Crippen LogP contribution is -2.50. The van der Waals surface area contributed by atoms with Gasteiger partial charge in [0.15, 0.2) is 0 Å². The predicted octanol–water partition coefficient (Wildman–Crippen LogP) is 1.76. The summed E-state index contributed by atoms with van der Waals surface area (Å²) in [5.74, 6) is -0.280. The Morgan fingerprint density at radius 1 is 0.857 bits per heavy atom. The zero-order chi connectivity index (χ0) is 25.6. The SMILES string of the molecule is CCN(CC)S(=O)(=O)c1ccc(C(=O)NCCN2CCN(S(=O)(=O)c3ccc(C)cc3)CC2)cc1. The van der Waals surface area contributed by atoms with Crippen molar-refractivity contribution in [1.82, 2.24) is 18.8 Å². The number of hydrogen-bond acceptors (Lipinski definition) is 6. The normalized spacial score (nSPS) is 15.9. The molecule has 1 aliphatic heterocycles. The van der Waals surface area contributed by atoms with Crippen LogP contribution in [-0.2, 0) is 20.0 Å². The third-order valence-electron chi connectivity index (χ3n) is 6.16. The lowest BCUT2D eigenvalue weighted by molar-refractivity contribution is 0.0945. The molecule has 0 aliphatic carbocycles. The van der Waals surface area contributed by atoms with Crippen LogP contribution in [0, 0.1) is 6.92 Å². The topological polar surface area (TPSA) is 107 Å². The van der Waals surface area contributed by atoms with Crippen molar-refractivity contribution < 1.29 is 21.6 Å². The van der Waals surface area contributed by atoms with Crippen LogP contribution in [0.2, 0.25) is 0 Å². The van der Waals surface area contributed by atoms with E-state index in [4.69, 9.17) is 0 Å². The molecule has 1 heterocycles. The highest BCUT2D eigenvalue weighted by atomic mass is 32.2. The third-order valence-corrected chi connectivity index (χ3v) is 10.1. The highest BCUT2D eigenvalue weighted by molar-refractivity contribution is 7.89. The van der Waals surface area contributed by atoms with Crippen molar-refractivity contribution in [3.63, 3.8) is 0 Å². The summed E-state index contributed by atoms with van der Waals surface area (Å²) in [6.07, 6.45) is 0. The summed E-state index contributed by atoms with van der Waals surface area (Å²) < 4.78 is 53.7. The Morgan fingerprint density at radius 3 is 1.94 bits per heavy atom. The van der Waals surface area contributed by atoms with Crippen LogP contribution >= 0.6 is 0 Å². The van der Waals surface area contributed by atoms with Gasteiger partial charge < -0.3 is 5.32 Å². The molecule has 1 N–H and O–H groups in total. The Balaban J connectivity index is 1.47. The van der Waals surface area contributed by atoms with Gasteiger partial charge in [-0.15, -0.1) is 0 Å². The van der Waals surface area contributed by atoms with Gasteiger partial charge in [0, 0.05) is 57.9 Å². The minimum Gasteiger partial charge on any atom is -0.351 e. The van der Waals surface area contributed by atoms with E-state index >= 15 is 0 Å². The maximum absolute atomic E-state index is 12.8. The van der Waals surface area contributed by atoms with Gasteiger partial charge >= 0.3 is 0 Å². The average Bonchev–Trinajstić information content (AvgIpc) is 2.85. The van der Waals surface area contributed by atoms with Crippen molar-refractivity contribution in [2.24, 2.45) is 0 Å². The van der Waals surface area contributed by atoms with Crippen LogP contribution in [-0.4, -0.2) is 88.6 Å². The molecule has 1 aliphatic rings. The van der Waals surface area contributed by atoms with Crippen molar-refractivity contribution in [2.45, 2.75) is 30.6 Å². The fourth-order valence-electron chi connectivity index (χ4n) is 3.97. The largest absolute Gasteiger partial charge is 0.351 e. The van der Waals surface area contributed by atoms with Gasteiger partial charge in [-0.1, -0.05) is 31.5 Å². The molecule has 0 saturated carbocycles. The maximum atomic E-state index is 12.8. The van der Waals surface area contributed by atoms with Crippen LogP contribution in [0.5, 0.6) is 0 Å². The number of piperazine rings is 1. The van der Waals surface area contributed by atoms with E-state index in [0.717, 1.165) is 5.56 Å². The number of carbonyl (C=O) groups excluding carboxylic acids is 1. The van der Waals surface area contributed by atoms with Gasteiger partial charge in [0.05, 0.1) is 9.79 Å². The number of hydrogen-bond donors (Lipinski definition) is 1. The molecule has 9 nitrogen and oxygen atoms in total. The average molecular weight is 523 g/mol. The smallest absolute Gasteiger partial charge is 0.251 e. The minimum atomic E-state index is -3.56. The first kappa shape index (κ1) is 27.3. The van der Waals surface area contributed by atoms with Gasteiger partial charge in [-0.25, -0.2) is 16.8 Å². The zero-order valence-corrected chi connectivity index (χ0v) is 22.1. The number of nitrogens with zero attached hydrogens (tertiary/aromatic N) is 3. The van der Waals surface area contributed by atoms with E-state index < -0.39 is 20.0 Å².